The lowest BCUT2D eigenvalue weighted by atomic mass is 9.88. The van der Waals surface area contributed by atoms with Gasteiger partial charge in [0.05, 0.1) is 5.69 Å². The molecule has 1 aliphatic carbocycles. The number of hydrogen-bond acceptors (Lipinski definition) is 2. The summed E-state index contributed by atoms with van der Waals surface area (Å²) in [6.45, 7) is 5.53. The topological polar surface area (TPSA) is 33.2 Å². The summed E-state index contributed by atoms with van der Waals surface area (Å²) in [4.78, 5) is 19.1. The van der Waals surface area contributed by atoms with Crippen LogP contribution in [0.25, 0.3) is 5.57 Å². The second-order valence-corrected chi connectivity index (χ2v) is 8.21. The number of carbonyl (C=O) groups excluding carboxylic acids is 1. The monoisotopic (exact) mass is 380 g/mol. The van der Waals surface area contributed by atoms with Crippen molar-refractivity contribution >= 4 is 23.1 Å². The van der Waals surface area contributed by atoms with Crippen molar-refractivity contribution < 1.29 is 4.79 Å². The van der Waals surface area contributed by atoms with Crippen molar-refractivity contribution in [2.24, 2.45) is 5.92 Å². The molecule has 2 aliphatic rings. The Morgan fingerprint density at radius 3 is 2.56 bits per heavy atom. The van der Waals surface area contributed by atoms with E-state index in [1.165, 1.54) is 27.8 Å². The average Bonchev–Trinajstić information content (AvgIpc) is 2.84. The fourth-order valence-electron chi connectivity index (χ4n) is 4.25. The molecule has 0 saturated carbocycles. The Balaban J connectivity index is 1.78. The maximum absolute atomic E-state index is 12.4. The summed E-state index contributed by atoms with van der Waals surface area (Å²) >= 11 is 6.28. The van der Waals surface area contributed by atoms with E-state index in [1.807, 2.05) is 37.1 Å². The molecule has 0 atom stereocenters. The third-order valence-electron chi connectivity index (χ3n) is 5.65. The van der Waals surface area contributed by atoms with E-state index in [0.717, 1.165) is 49.5 Å². The van der Waals surface area contributed by atoms with Crippen LogP contribution in [0.4, 0.5) is 0 Å². The third-order valence-corrected chi connectivity index (χ3v) is 5.89. The van der Waals surface area contributed by atoms with Gasteiger partial charge in [-0.05, 0) is 60.6 Å². The predicted molar refractivity (Wildman–Crippen MR) is 110 cm³/mol. The molecular weight excluding hydrogens is 356 g/mol. The molecule has 1 aromatic heterocycles. The lowest BCUT2D eigenvalue weighted by molar-refractivity contribution is -0.134. The summed E-state index contributed by atoms with van der Waals surface area (Å²) in [7, 11) is 0. The highest BCUT2D eigenvalue weighted by molar-refractivity contribution is 6.30. The van der Waals surface area contributed by atoms with Crippen LogP contribution < -0.4 is 0 Å². The first-order valence-corrected chi connectivity index (χ1v) is 10.2. The summed E-state index contributed by atoms with van der Waals surface area (Å²) < 4.78 is 0. The van der Waals surface area contributed by atoms with Crippen LogP contribution in [-0.2, 0) is 17.6 Å². The first-order valence-electron chi connectivity index (χ1n) is 9.78. The van der Waals surface area contributed by atoms with E-state index in [4.69, 9.17) is 16.6 Å². The number of piperidine rings is 1. The maximum Gasteiger partial charge on any atom is 0.225 e. The van der Waals surface area contributed by atoms with Crippen molar-refractivity contribution in [2.75, 3.05) is 13.1 Å². The maximum atomic E-state index is 12.4. The zero-order valence-corrected chi connectivity index (χ0v) is 16.7. The average molecular weight is 381 g/mol. The number of halogens is 1. The van der Waals surface area contributed by atoms with Gasteiger partial charge in [0, 0.05) is 35.8 Å². The Morgan fingerprint density at radius 1 is 1.07 bits per heavy atom. The number of amides is 1. The summed E-state index contributed by atoms with van der Waals surface area (Å²) in [5.74, 6) is 0.313. The van der Waals surface area contributed by atoms with E-state index in [9.17, 15) is 4.79 Å². The van der Waals surface area contributed by atoms with Gasteiger partial charge in [-0.3, -0.25) is 9.78 Å². The lowest BCUT2D eigenvalue weighted by Gasteiger charge is -2.31. The zero-order chi connectivity index (χ0) is 19.0. The van der Waals surface area contributed by atoms with Gasteiger partial charge in [0.15, 0.2) is 0 Å². The van der Waals surface area contributed by atoms with Crippen molar-refractivity contribution in [1.29, 1.82) is 0 Å². The van der Waals surface area contributed by atoms with E-state index in [0.29, 0.717) is 0 Å². The standard InChI is InChI=1S/C23H25ClN2O/c1-15(2)23(27)26-12-9-16(10-13-26)21-20-8-7-19(24)14-18(20)6-5-17-4-3-11-25-22(17)21/h3-4,7-8,11,14-15H,5-6,9-10,12-13H2,1-2H3. The molecule has 27 heavy (non-hydrogen) atoms. The van der Waals surface area contributed by atoms with Crippen LogP contribution in [0.15, 0.2) is 42.1 Å². The summed E-state index contributed by atoms with van der Waals surface area (Å²) in [6, 6.07) is 10.4. The lowest BCUT2D eigenvalue weighted by Crippen LogP contribution is -2.39. The van der Waals surface area contributed by atoms with Gasteiger partial charge >= 0.3 is 0 Å². The van der Waals surface area contributed by atoms with E-state index in [-0.39, 0.29) is 11.8 Å². The minimum Gasteiger partial charge on any atom is -0.342 e. The quantitative estimate of drug-likeness (QED) is 0.703. The van der Waals surface area contributed by atoms with Gasteiger partial charge < -0.3 is 4.90 Å². The van der Waals surface area contributed by atoms with Crippen molar-refractivity contribution in [3.05, 3.63) is 69.5 Å². The number of hydrogen-bond donors (Lipinski definition) is 0. The van der Waals surface area contributed by atoms with E-state index in [2.05, 4.69) is 18.2 Å². The van der Waals surface area contributed by atoms with Crippen LogP contribution in [0.2, 0.25) is 5.02 Å². The Hall–Kier alpha value is -2.13. The summed E-state index contributed by atoms with van der Waals surface area (Å²) in [5, 5.41) is 0.786. The van der Waals surface area contributed by atoms with Crippen LogP contribution in [0, 0.1) is 5.92 Å². The van der Waals surface area contributed by atoms with Crippen LogP contribution in [0.5, 0.6) is 0 Å². The fourth-order valence-corrected chi connectivity index (χ4v) is 4.44. The highest BCUT2D eigenvalue weighted by Crippen LogP contribution is 2.38. The summed E-state index contributed by atoms with van der Waals surface area (Å²) in [6.07, 6.45) is 5.66. The fraction of sp³-hybridized carbons (Fsp3) is 0.391. The van der Waals surface area contributed by atoms with Gasteiger partial charge in [0.2, 0.25) is 5.91 Å². The number of aromatic nitrogens is 1. The van der Waals surface area contributed by atoms with Crippen LogP contribution >= 0.6 is 11.6 Å². The molecule has 0 unspecified atom stereocenters. The van der Waals surface area contributed by atoms with Gasteiger partial charge in [-0.15, -0.1) is 0 Å². The molecule has 1 amide bonds. The molecule has 4 rings (SSSR count). The highest BCUT2D eigenvalue weighted by Gasteiger charge is 2.27. The molecule has 3 nitrogen and oxygen atoms in total. The van der Waals surface area contributed by atoms with Crippen molar-refractivity contribution in [3.63, 3.8) is 0 Å². The molecular formula is C23H25ClN2O. The molecule has 1 aliphatic heterocycles. The molecule has 0 N–H and O–H groups in total. The van der Waals surface area contributed by atoms with Gasteiger partial charge in [0.25, 0.3) is 0 Å². The molecule has 0 bridgehead atoms. The molecule has 0 radical (unpaired) electrons. The number of carbonyl (C=O) groups is 1. The first kappa shape index (κ1) is 18.2. The zero-order valence-electron chi connectivity index (χ0n) is 16.0. The van der Waals surface area contributed by atoms with Gasteiger partial charge in [0.1, 0.15) is 0 Å². The Kier molecular flexibility index (Phi) is 5.05. The van der Waals surface area contributed by atoms with Crippen LogP contribution in [-0.4, -0.2) is 28.9 Å². The second kappa shape index (κ2) is 7.47. The molecule has 4 heteroatoms. The molecule has 2 heterocycles. The minimum atomic E-state index is 0.0577. The second-order valence-electron chi connectivity index (χ2n) is 7.77. The number of pyridine rings is 1. The number of rotatable bonds is 1. The number of likely N-dealkylation sites (tertiary alicyclic amines) is 1. The normalized spacial score (nSPS) is 16.8. The molecule has 2 aromatic rings. The van der Waals surface area contributed by atoms with Crippen LogP contribution in [0.1, 0.15) is 49.1 Å². The Bertz CT molecular complexity index is 906. The first-order chi connectivity index (χ1) is 13.0. The number of nitrogens with zero attached hydrogens (tertiary/aromatic N) is 2. The Morgan fingerprint density at radius 2 is 1.81 bits per heavy atom. The molecule has 1 aromatic carbocycles. The number of fused-ring (bicyclic) bond motifs is 2. The van der Waals surface area contributed by atoms with Crippen molar-refractivity contribution in [3.8, 4) is 0 Å². The summed E-state index contributed by atoms with van der Waals surface area (Å²) in [5.41, 5.74) is 7.64. The number of benzene rings is 1. The smallest absolute Gasteiger partial charge is 0.225 e. The van der Waals surface area contributed by atoms with Gasteiger partial charge in [-0.25, -0.2) is 0 Å². The highest BCUT2D eigenvalue weighted by atomic mass is 35.5. The van der Waals surface area contributed by atoms with Crippen molar-refractivity contribution in [1.82, 2.24) is 9.88 Å². The Labute approximate surface area is 166 Å². The molecule has 1 saturated heterocycles. The minimum absolute atomic E-state index is 0.0577. The van der Waals surface area contributed by atoms with Gasteiger partial charge in [-0.2, -0.15) is 0 Å². The van der Waals surface area contributed by atoms with E-state index < -0.39 is 0 Å². The molecule has 1 fully saturated rings. The number of aryl methyl sites for hydroxylation is 2. The molecule has 140 valence electrons. The van der Waals surface area contributed by atoms with Gasteiger partial charge in [-0.1, -0.05) is 43.2 Å². The SMILES string of the molecule is CC(C)C(=O)N1CCC(=C2c3ccc(Cl)cc3CCc3cccnc32)CC1. The largest absolute Gasteiger partial charge is 0.342 e. The van der Waals surface area contributed by atoms with Crippen LogP contribution in [0.3, 0.4) is 0 Å². The van der Waals surface area contributed by atoms with Crippen molar-refractivity contribution in [2.45, 2.75) is 39.5 Å². The third kappa shape index (κ3) is 3.53. The van der Waals surface area contributed by atoms with E-state index in [1.54, 1.807) is 0 Å². The molecule has 0 spiro atoms. The predicted octanol–water partition coefficient (Wildman–Crippen LogP) is 4.91. The van der Waals surface area contributed by atoms with E-state index >= 15 is 0 Å².